The first kappa shape index (κ1) is 15.6. The number of aromatic nitrogens is 2. The van der Waals surface area contributed by atoms with Gasteiger partial charge in [-0.15, -0.1) is 0 Å². The van der Waals surface area contributed by atoms with Crippen molar-refractivity contribution >= 4 is 17.5 Å². The fourth-order valence-corrected chi connectivity index (χ4v) is 2.66. The average molecular weight is 300 g/mol. The van der Waals surface area contributed by atoms with Gasteiger partial charge in [0, 0.05) is 31.6 Å². The SMILES string of the molecule is CC(C)(C)NCC(O)Cc1nsnc1N1CCOCC1. The Morgan fingerprint density at radius 1 is 1.35 bits per heavy atom. The molecule has 1 fully saturated rings. The monoisotopic (exact) mass is 300 g/mol. The zero-order valence-electron chi connectivity index (χ0n) is 12.4. The Balaban J connectivity index is 1.91. The highest BCUT2D eigenvalue weighted by molar-refractivity contribution is 6.99. The van der Waals surface area contributed by atoms with E-state index in [1.54, 1.807) is 0 Å². The maximum Gasteiger partial charge on any atom is 0.166 e. The van der Waals surface area contributed by atoms with Crippen molar-refractivity contribution in [3.8, 4) is 0 Å². The lowest BCUT2D eigenvalue weighted by molar-refractivity contribution is 0.122. The summed E-state index contributed by atoms with van der Waals surface area (Å²) in [5.41, 5.74) is 0.897. The Bertz CT molecular complexity index is 413. The summed E-state index contributed by atoms with van der Waals surface area (Å²) < 4.78 is 14.1. The van der Waals surface area contributed by atoms with Crippen LogP contribution in [-0.2, 0) is 11.2 Å². The highest BCUT2D eigenvalue weighted by atomic mass is 32.1. The number of aliphatic hydroxyl groups is 1. The summed E-state index contributed by atoms with van der Waals surface area (Å²) in [6.07, 6.45) is 0.0876. The van der Waals surface area contributed by atoms with E-state index in [9.17, 15) is 5.11 Å². The van der Waals surface area contributed by atoms with E-state index in [1.165, 1.54) is 11.7 Å². The van der Waals surface area contributed by atoms with Gasteiger partial charge in [0.1, 0.15) is 5.69 Å². The van der Waals surface area contributed by atoms with E-state index in [1.807, 2.05) is 0 Å². The van der Waals surface area contributed by atoms with Gasteiger partial charge >= 0.3 is 0 Å². The maximum atomic E-state index is 10.1. The van der Waals surface area contributed by atoms with E-state index >= 15 is 0 Å². The topological polar surface area (TPSA) is 70.5 Å². The van der Waals surface area contributed by atoms with Crippen LogP contribution in [0.5, 0.6) is 0 Å². The molecule has 6 nitrogen and oxygen atoms in total. The molecular weight excluding hydrogens is 276 g/mol. The first-order valence-electron chi connectivity index (χ1n) is 7.03. The van der Waals surface area contributed by atoms with Crippen LogP contribution in [0.1, 0.15) is 26.5 Å². The molecule has 2 N–H and O–H groups in total. The van der Waals surface area contributed by atoms with Gasteiger partial charge in [0.25, 0.3) is 0 Å². The molecule has 1 unspecified atom stereocenters. The molecular formula is C13H24N4O2S. The number of hydrogen-bond acceptors (Lipinski definition) is 7. The van der Waals surface area contributed by atoms with E-state index in [2.05, 4.69) is 39.7 Å². The van der Waals surface area contributed by atoms with Crippen LogP contribution in [0.15, 0.2) is 0 Å². The summed E-state index contributed by atoms with van der Waals surface area (Å²) in [6, 6.07) is 0. The zero-order chi connectivity index (χ0) is 14.6. The van der Waals surface area contributed by atoms with Crippen LogP contribution in [0.3, 0.4) is 0 Å². The van der Waals surface area contributed by atoms with Crippen LogP contribution in [-0.4, -0.2) is 58.3 Å². The van der Waals surface area contributed by atoms with Gasteiger partial charge in [-0.2, -0.15) is 8.75 Å². The highest BCUT2D eigenvalue weighted by Gasteiger charge is 2.21. The number of ether oxygens (including phenoxy) is 1. The molecule has 0 aliphatic carbocycles. The van der Waals surface area contributed by atoms with Gasteiger partial charge in [-0.05, 0) is 20.8 Å². The first-order valence-corrected chi connectivity index (χ1v) is 7.76. The third-order valence-corrected chi connectivity index (χ3v) is 3.70. The minimum Gasteiger partial charge on any atom is -0.391 e. The molecule has 20 heavy (non-hydrogen) atoms. The molecule has 114 valence electrons. The molecule has 1 aliphatic heterocycles. The van der Waals surface area contributed by atoms with Gasteiger partial charge in [0.05, 0.1) is 31.0 Å². The number of rotatable bonds is 5. The quantitative estimate of drug-likeness (QED) is 0.833. The molecule has 0 aromatic carbocycles. The number of nitrogens with zero attached hydrogens (tertiary/aromatic N) is 3. The summed E-state index contributed by atoms with van der Waals surface area (Å²) in [7, 11) is 0. The molecule has 1 aromatic rings. The van der Waals surface area contributed by atoms with Crippen molar-refractivity contribution < 1.29 is 9.84 Å². The van der Waals surface area contributed by atoms with Crippen LogP contribution in [0.2, 0.25) is 0 Å². The van der Waals surface area contributed by atoms with Crippen molar-refractivity contribution in [1.29, 1.82) is 0 Å². The number of morpholine rings is 1. The van der Waals surface area contributed by atoms with Gasteiger partial charge in [0.15, 0.2) is 5.82 Å². The summed E-state index contributed by atoms with van der Waals surface area (Å²) in [5, 5.41) is 13.4. The zero-order valence-corrected chi connectivity index (χ0v) is 13.2. The normalized spacial score (nSPS) is 18.3. The van der Waals surface area contributed by atoms with Crippen molar-refractivity contribution in [3.05, 3.63) is 5.69 Å². The molecule has 0 radical (unpaired) electrons. The van der Waals surface area contributed by atoms with Gasteiger partial charge < -0.3 is 20.1 Å². The van der Waals surface area contributed by atoms with E-state index in [0.29, 0.717) is 13.0 Å². The number of aliphatic hydroxyl groups excluding tert-OH is 1. The fraction of sp³-hybridized carbons (Fsp3) is 0.846. The molecule has 0 spiro atoms. The molecule has 2 rings (SSSR count). The molecule has 2 heterocycles. The molecule has 0 saturated carbocycles. The predicted octanol–water partition coefficient (Wildman–Crippen LogP) is 0.666. The van der Waals surface area contributed by atoms with Crippen molar-refractivity contribution in [1.82, 2.24) is 14.1 Å². The Hall–Kier alpha value is -0.760. The van der Waals surface area contributed by atoms with Crippen LogP contribution in [0.25, 0.3) is 0 Å². The number of anilines is 1. The smallest absolute Gasteiger partial charge is 0.166 e. The molecule has 1 saturated heterocycles. The second-order valence-electron chi connectivity index (χ2n) is 6.12. The fourth-order valence-electron chi connectivity index (χ4n) is 2.07. The molecule has 1 atom stereocenters. The standard InChI is InChI=1S/C13H24N4O2S/c1-13(2,3)14-9-10(18)8-11-12(16-20-15-11)17-4-6-19-7-5-17/h10,14,18H,4-9H2,1-3H3. The summed E-state index contributed by atoms with van der Waals surface area (Å²) >= 11 is 1.21. The van der Waals surface area contributed by atoms with E-state index < -0.39 is 6.10 Å². The van der Waals surface area contributed by atoms with Crippen LogP contribution in [0, 0.1) is 0 Å². The van der Waals surface area contributed by atoms with Crippen LogP contribution >= 0.6 is 11.7 Å². The van der Waals surface area contributed by atoms with Gasteiger partial charge in [0.2, 0.25) is 0 Å². The Kier molecular flexibility index (Phi) is 5.31. The largest absolute Gasteiger partial charge is 0.391 e. The lowest BCUT2D eigenvalue weighted by Crippen LogP contribution is -2.41. The van der Waals surface area contributed by atoms with Gasteiger partial charge in [-0.25, -0.2) is 0 Å². The Morgan fingerprint density at radius 3 is 2.70 bits per heavy atom. The second kappa shape index (κ2) is 6.80. The van der Waals surface area contributed by atoms with E-state index in [-0.39, 0.29) is 5.54 Å². The van der Waals surface area contributed by atoms with E-state index in [4.69, 9.17) is 4.74 Å². The number of hydrogen-bond donors (Lipinski definition) is 2. The first-order chi connectivity index (χ1) is 9.46. The molecule has 0 bridgehead atoms. The van der Waals surface area contributed by atoms with Crippen molar-refractivity contribution in [3.63, 3.8) is 0 Å². The van der Waals surface area contributed by atoms with Crippen LogP contribution < -0.4 is 10.2 Å². The highest BCUT2D eigenvalue weighted by Crippen LogP contribution is 2.20. The minimum absolute atomic E-state index is 0.00828. The van der Waals surface area contributed by atoms with Crippen molar-refractivity contribution in [2.24, 2.45) is 0 Å². The van der Waals surface area contributed by atoms with E-state index in [0.717, 1.165) is 37.8 Å². The molecule has 0 amide bonds. The third-order valence-electron chi connectivity index (χ3n) is 3.14. The van der Waals surface area contributed by atoms with Gasteiger partial charge in [-0.1, -0.05) is 0 Å². The molecule has 1 aliphatic rings. The van der Waals surface area contributed by atoms with Gasteiger partial charge in [-0.3, -0.25) is 0 Å². The number of β-amino-alcohol motifs (C(OH)–C–C–N with tert-alkyl or cyclic N) is 1. The summed E-state index contributed by atoms with van der Waals surface area (Å²) in [5.74, 6) is 0.910. The predicted molar refractivity (Wildman–Crippen MR) is 80.4 cm³/mol. The minimum atomic E-state index is -0.446. The number of nitrogens with one attached hydrogen (secondary N) is 1. The lowest BCUT2D eigenvalue weighted by Gasteiger charge is -2.27. The van der Waals surface area contributed by atoms with Crippen molar-refractivity contribution in [2.75, 3.05) is 37.7 Å². The van der Waals surface area contributed by atoms with Crippen LogP contribution in [0.4, 0.5) is 5.82 Å². The summed E-state index contributed by atoms with van der Waals surface area (Å²) in [6.45, 7) is 9.96. The lowest BCUT2D eigenvalue weighted by atomic mass is 10.1. The third kappa shape index (κ3) is 4.66. The Morgan fingerprint density at radius 2 is 2.05 bits per heavy atom. The second-order valence-corrected chi connectivity index (χ2v) is 6.65. The summed E-state index contributed by atoms with van der Waals surface area (Å²) in [4.78, 5) is 2.19. The molecule has 1 aromatic heterocycles. The van der Waals surface area contributed by atoms with Crippen molar-refractivity contribution in [2.45, 2.75) is 38.8 Å². The maximum absolute atomic E-state index is 10.1. The molecule has 7 heteroatoms. The average Bonchev–Trinajstić information content (AvgIpc) is 2.85. The Labute approximate surface area is 124 Å².